The molecule has 3 heteroatoms. The van der Waals surface area contributed by atoms with Crippen LogP contribution in [0.15, 0.2) is 24.3 Å². The Bertz CT molecular complexity index is 367. The number of hydrogen-bond donors (Lipinski definition) is 2. The van der Waals surface area contributed by atoms with Crippen molar-refractivity contribution in [3.8, 4) is 0 Å². The first-order chi connectivity index (χ1) is 7.67. The van der Waals surface area contributed by atoms with Crippen molar-refractivity contribution in [3.05, 3.63) is 35.4 Å². The summed E-state index contributed by atoms with van der Waals surface area (Å²) in [6.45, 7) is 3.07. The Balaban J connectivity index is 2.18. The van der Waals surface area contributed by atoms with Gasteiger partial charge in [0.2, 0.25) is 0 Å². The van der Waals surface area contributed by atoms with Crippen LogP contribution in [0, 0.1) is 0 Å². The van der Waals surface area contributed by atoms with Gasteiger partial charge in [-0.1, -0.05) is 31.2 Å². The lowest BCUT2D eigenvalue weighted by Crippen LogP contribution is -2.30. The molecule has 88 valence electrons. The molecule has 1 aromatic carbocycles. The average molecular weight is 221 g/mol. The molecule has 16 heavy (non-hydrogen) atoms. The third kappa shape index (κ3) is 1.98. The monoisotopic (exact) mass is 221 g/mol. The van der Waals surface area contributed by atoms with Gasteiger partial charge in [-0.15, -0.1) is 0 Å². The number of aliphatic hydroxyl groups is 1. The van der Waals surface area contributed by atoms with Crippen molar-refractivity contribution < 1.29 is 9.84 Å². The molecule has 3 nitrogen and oxygen atoms in total. The highest BCUT2D eigenvalue weighted by Gasteiger charge is 2.40. The van der Waals surface area contributed by atoms with Gasteiger partial charge in [0.1, 0.15) is 5.60 Å². The Hall–Kier alpha value is -0.900. The quantitative estimate of drug-likeness (QED) is 0.761. The first-order valence-electron chi connectivity index (χ1n) is 5.82. The second-order valence-corrected chi connectivity index (χ2v) is 4.48. The van der Waals surface area contributed by atoms with Gasteiger partial charge in [0.15, 0.2) is 0 Å². The fraction of sp³-hybridized carbons (Fsp3) is 0.538. The molecular weight excluding hydrogens is 202 g/mol. The van der Waals surface area contributed by atoms with E-state index in [9.17, 15) is 5.11 Å². The van der Waals surface area contributed by atoms with E-state index in [0.29, 0.717) is 19.6 Å². The van der Waals surface area contributed by atoms with Crippen molar-refractivity contribution in [2.75, 3.05) is 13.2 Å². The molecule has 1 aliphatic carbocycles. The molecule has 2 unspecified atom stereocenters. The molecule has 2 rings (SSSR count). The van der Waals surface area contributed by atoms with E-state index in [-0.39, 0.29) is 6.04 Å². The van der Waals surface area contributed by atoms with E-state index in [0.717, 1.165) is 17.5 Å². The predicted molar refractivity (Wildman–Crippen MR) is 63.0 cm³/mol. The Morgan fingerprint density at radius 1 is 1.50 bits per heavy atom. The second-order valence-electron chi connectivity index (χ2n) is 4.48. The van der Waals surface area contributed by atoms with Gasteiger partial charge < -0.3 is 15.6 Å². The lowest BCUT2D eigenvalue weighted by molar-refractivity contribution is -0.0520. The second kappa shape index (κ2) is 4.53. The van der Waals surface area contributed by atoms with Crippen LogP contribution < -0.4 is 5.73 Å². The molecule has 0 saturated heterocycles. The van der Waals surface area contributed by atoms with Crippen LogP contribution in [0.25, 0.3) is 0 Å². The zero-order valence-electron chi connectivity index (χ0n) is 9.65. The van der Waals surface area contributed by atoms with Gasteiger partial charge in [-0.25, -0.2) is 0 Å². The van der Waals surface area contributed by atoms with Crippen molar-refractivity contribution in [1.29, 1.82) is 0 Å². The number of benzene rings is 1. The molecule has 0 amide bonds. The number of hydrogen-bond acceptors (Lipinski definition) is 3. The Labute approximate surface area is 96.2 Å². The van der Waals surface area contributed by atoms with Crippen molar-refractivity contribution in [1.82, 2.24) is 0 Å². The molecule has 1 aliphatic rings. The number of fused-ring (bicyclic) bond motifs is 1. The highest BCUT2D eigenvalue weighted by atomic mass is 16.5. The lowest BCUT2D eigenvalue weighted by atomic mass is 9.97. The van der Waals surface area contributed by atoms with Gasteiger partial charge in [0.25, 0.3) is 0 Å². The van der Waals surface area contributed by atoms with Crippen LogP contribution >= 0.6 is 0 Å². The smallest absolute Gasteiger partial charge is 0.115 e. The first kappa shape index (κ1) is 11.6. The lowest BCUT2D eigenvalue weighted by Gasteiger charge is -2.23. The fourth-order valence-corrected chi connectivity index (χ4v) is 2.35. The summed E-state index contributed by atoms with van der Waals surface area (Å²) in [5.74, 6) is 0. The van der Waals surface area contributed by atoms with Crippen molar-refractivity contribution in [2.45, 2.75) is 31.4 Å². The molecule has 0 spiro atoms. The average Bonchev–Trinajstić information content (AvgIpc) is 2.53. The molecule has 0 bridgehead atoms. The Morgan fingerprint density at radius 3 is 3.00 bits per heavy atom. The molecule has 2 atom stereocenters. The van der Waals surface area contributed by atoms with Gasteiger partial charge in [-0.3, -0.25) is 0 Å². The normalized spacial score (nSPS) is 28.1. The highest BCUT2D eigenvalue weighted by molar-refractivity contribution is 5.39. The minimum absolute atomic E-state index is 0.0774. The molecule has 0 saturated carbocycles. The van der Waals surface area contributed by atoms with Crippen molar-refractivity contribution >= 4 is 0 Å². The van der Waals surface area contributed by atoms with Gasteiger partial charge in [0, 0.05) is 19.1 Å². The minimum atomic E-state index is -0.898. The third-order valence-electron chi connectivity index (χ3n) is 3.11. The number of ether oxygens (including phenoxy) is 1. The molecule has 0 radical (unpaired) electrons. The van der Waals surface area contributed by atoms with Gasteiger partial charge >= 0.3 is 0 Å². The summed E-state index contributed by atoms with van der Waals surface area (Å²) < 4.78 is 5.47. The molecule has 0 fully saturated rings. The van der Waals surface area contributed by atoms with Crippen LogP contribution in [0.4, 0.5) is 0 Å². The fourth-order valence-electron chi connectivity index (χ4n) is 2.35. The van der Waals surface area contributed by atoms with Crippen LogP contribution in [-0.2, 0) is 10.3 Å². The molecule has 3 N–H and O–H groups in total. The maximum absolute atomic E-state index is 10.5. The summed E-state index contributed by atoms with van der Waals surface area (Å²) >= 11 is 0. The third-order valence-corrected chi connectivity index (χ3v) is 3.11. The van der Waals surface area contributed by atoms with Crippen LogP contribution in [0.1, 0.15) is 36.9 Å². The summed E-state index contributed by atoms with van der Waals surface area (Å²) in [5, 5.41) is 10.5. The summed E-state index contributed by atoms with van der Waals surface area (Å²) in [6, 6.07) is 7.74. The Kier molecular flexibility index (Phi) is 3.28. The van der Waals surface area contributed by atoms with Gasteiger partial charge in [-0.05, 0) is 17.5 Å². The minimum Gasteiger partial charge on any atom is -0.383 e. The van der Waals surface area contributed by atoms with E-state index < -0.39 is 5.60 Å². The molecule has 0 aliphatic heterocycles. The highest BCUT2D eigenvalue weighted by Crippen LogP contribution is 2.41. The molecule has 1 aromatic rings. The zero-order chi connectivity index (χ0) is 11.6. The van der Waals surface area contributed by atoms with E-state index in [4.69, 9.17) is 10.5 Å². The number of rotatable bonds is 4. The van der Waals surface area contributed by atoms with Crippen LogP contribution in [-0.4, -0.2) is 18.3 Å². The molecular formula is C13H19NO2. The maximum Gasteiger partial charge on any atom is 0.115 e. The first-order valence-corrected chi connectivity index (χ1v) is 5.82. The van der Waals surface area contributed by atoms with E-state index in [1.807, 2.05) is 24.3 Å². The topological polar surface area (TPSA) is 55.5 Å². The van der Waals surface area contributed by atoms with Gasteiger partial charge in [0.05, 0.1) is 6.61 Å². The summed E-state index contributed by atoms with van der Waals surface area (Å²) in [5.41, 5.74) is 7.09. The van der Waals surface area contributed by atoms with Gasteiger partial charge in [-0.2, -0.15) is 0 Å². The predicted octanol–water partition coefficient (Wildman–Crippen LogP) is 1.70. The zero-order valence-corrected chi connectivity index (χ0v) is 9.65. The van der Waals surface area contributed by atoms with Crippen LogP contribution in [0.2, 0.25) is 0 Å². The van der Waals surface area contributed by atoms with E-state index in [1.165, 1.54) is 0 Å². The van der Waals surface area contributed by atoms with Crippen molar-refractivity contribution in [2.24, 2.45) is 5.73 Å². The van der Waals surface area contributed by atoms with E-state index in [2.05, 4.69) is 6.92 Å². The van der Waals surface area contributed by atoms with E-state index in [1.54, 1.807) is 0 Å². The maximum atomic E-state index is 10.5. The Morgan fingerprint density at radius 2 is 2.25 bits per heavy atom. The standard InChI is InChI=1S/C13H19NO2/c1-2-7-16-9-13(15)8-12(14)10-5-3-4-6-11(10)13/h3-6,12,15H,2,7-9,14H2,1H3. The van der Waals surface area contributed by atoms with E-state index >= 15 is 0 Å². The molecule has 0 aromatic heterocycles. The largest absolute Gasteiger partial charge is 0.383 e. The van der Waals surface area contributed by atoms with Crippen LogP contribution in [0.3, 0.4) is 0 Å². The van der Waals surface area contributed by atoms with Crippen molar-refractivity contribution in [3.63, 3.8) is 0 Å². The summed E-state index contributed by atoms with van der Waals surface area (Å²) in [4.78, 5) is 0. The SMILES string of the molecule is CCCOCC1(O)CC(N)c2ccccc21. The molecule has 0 heterocycles. The van der Waals surface area contributed by atoms with Crippen LogP contribution in [0.5, 0.6) is 0 Å². The number of nitrogens with two attached hydrogens (primary N) is 1. The summed E-state index contributed by atoms with van der Waals surface area (Å²) in [6.07, 6.45) is 1.51. The summed E-state index contributed by atoms with van der Waals surface area (Å²) in [7, 11) is 0.